The number of rotatable bonds is 5. The molecule has 0 aromatic heterocycles. The van der Waals surface area contributed by atoms with E-state index in [9.17, 15) is 0 Å². The lowest BCUT2D eigenvalue weighted by Gasteiger charge is -2.48. The molecule has 2 unspecified atom stereocenters. The normalized spacial score (nSPS) is 27.4. The van der Waals surface area contributed by atoms with E-state index in [-0.39, 0.29) is 5.54 Å². The Labute approximate surface area is 107 Å². The summed E-state index contributed by atoms with van der Waals surface area (Å²) in [5.74, 6) is 0.711. The van der Waals surface area contributed by atoms with E-state index in [1.807, 2.05) is 0 Å². The molecule has 1 saturated heterocycles. The molecule has 0 aromatic carbocycles. The molecule has 0 saturated carbocycles. The highest BCUT2D eigenvalue weighted by Gasteiger charge is 2.35. The van der Waals surface area contributed by atoms with Crippen molar-refractivity contribution in [1.82, 2.24) is 9.80 Å². The van der Waals surface area contributed by atoms with Crippen molar-refractivity contribution in [3.05, 3.63) is 0 Å². The van der Waals surface area contributed by atoms with Gasteiger partial charge >= 0.3 is 0 Å². The second-order valence-corrected chi connectivity index (χ2v) is 6.29. The van der Waals surface area contributed by atoms with Crippen molar-refractivity contribution in [2.75, 3.05) is 33.2 Å². The fourth-order valence-electron chi connectivity index (χ4n) is 3.10. The van der Waals surface area contributed by atoms with Gasteiger partial charge in [0.1, 0.15) is 0 Å². The fourth-order valence-corrected chi connectivity index (χ4v) is 3.10. The molecule has 1 fully saturated rings. The van der Waals surface area contributed by atoms with Crippen molar-refractivity contribution in [3.63, 3.8) is 0 Å². The third-order valence-corrected chi connectivity index (χ3v) is 4.30. The zero-order valence-corrected chi connectivity index (χ0v) is 12.4. The quantitative estimate of drug-likeness (QED) is 0.796. The lowest BCUT2D eigenvalue weighted by Crippen LogP contribution is -2.61. The minimum atomic E-state index is 0.183. The van der Waals surface area contributed by atoms with Crippen molar-refractivity contribution in [2.24, 2.45) is 11.7 Å². The molecule has 0 bridgehead atoms. The van der Waals surface area contributed by atoms with Gasteiger partial charge in [0, 0.05) is 37.8 Å². The minimum absolute atomic E-state index is 0.183. The molecule has 3 heteroatoms. The average Bonchev–Trinajstić information content (AvgIpc) is 2.28. The molecular weight excluding hydrogens is 210 g/mol. The van der Waals surface area contributed by atoms with Crippen LogP contribution in [0.3, 0.4) is 0 Å². The predicted molar refractivity (Wildman–Crippen MR) is 75.2 cm³/mol. The van der Waals surface area contributed by atoms with Gasteiger partial charge in [-0.05, 0) is 32.7 Å². The number of hydrogen-bond donors (Lipinski definition) is 1. The van der Waals surface area contributed by atoms with Crippen LogP contribution in [0.25, 0.3) is 0 Å². The zero-order valence-electron chi connectivity index (χ0n) is 12.4. The van der Waals surface area contributed by atoms with Crippen LogP contribution in [0.15, 0.2) is 0 Å². The van der Waals surface area contributed by atoms with Crippen molar-refractivity contribution >= 4 is 0 Å². The van der Waals surface area contributed by atoms with Crippen molar-refractivity contribution in [1.29, 1.82) is 0 Å². The maximum absolute atomic E-state index is 6.05. The van der Waals surface area contributed by atoms with Crippen molar-refractivity contribution in [2.45, 2.75) is 52.1 Å². The number of nitrogens with two attached hydrogens (primary N) is 1. The first-order valence-corrected chi connectivity index (χ1v) is 7.08. The molecule has 102 valence electrons. The number of nitrogens with zero attached hydrogens (tertiary/aromatic N) is 2. The van der Waals surface area contributed by atoms with E-state index in [4.69, 9.17) is 5.73 Å². The lowest BCUT2D eigenvalue weighted by atomic mass is 9.87. The van der Waals surface area contributed by atoms with E-state index >= 15 is 0 Å². The smallest absolute Gasteiger partial charge is 0.0307 e. The van der Waals surface area contributed by atoms with Crippen LogP contribution < -0.4 is 5.73 Å². The Morgan fingerprint density at radius 2 is 2.00 bits per heavy atom. The first-order valence-electron chi connectivity index (χ1n) is 7.08. The number of likely N-dealkylation sites (N-methyl/N-ethyl adjacent to an activating group) is 1. The Hall–Kier alpha value is -0.120. The summed E-state index contributed by atoms with van der Waals surface area (Å²) >= 11 is 0. The molecule has 0 radical (unpaired) electrons. The maximum Gasteiger partial charge on any atom is 0.0307 e. The van der Waals surface area contributed by atoms with Crippen LogP contribution in [0.2, 0.25) is 0 Å². The SMILES string of the molecule is CCC1CN(C(C)(CN)CC(C)C)CCN1C. The van der Waals surface area contributed by atoms with Gasteiger partial charge in [-0.25, -0.2) is 0 Å². The first-order chi connectivity index (χ1) is 7.92. The van der Waals surface area contributed by atoms with Gasteiger partial charge in [0.05, 0.1) is 0 Å². The van der Waals surface area contributed by atoms with Gasteiger partial charge in [0.25, 0.3) is 0 Å². The third kappa shape index (κ3) is 3.67. The topological polar surface area (TPSA) is 32.5 Å². The molecule has 17 heavy (non-hydrogen) atoms. The molecule has 0 aliphatic carbocycles. The molecule has 2 N–H and O–H groups in total. The molecule has 2 atom stereocenters. The fraction of sp³-hybridized carbons (Fsp3) is 1.00. The Morgan fingerprint density at radius 1 is 1.35 bits per heavy atom. The van der Waals surface area contributed by atoms with Crippen LogP contribution in [0, 0.1) is 5.92 Å². The number of hydrogen-bond acceptors (Lipinski definition) is 3. The summed E-state index contributed by atoms with van der Waals surface area (Å²) < 4.78 is 0. The van der Waals surface area contributed by atoms with Crippen LogP contribution >= 0.6 is 0 Å². The van der Waals surface area contributed by atoms with Gasteiger partial charge < -0.3 is 10.6 Å². The summed E-state index contributed by atoms with van der Waals surface area (Å²) in [5.41, 5.74) is 6.24. The summed E-state index contributed by atoms with van der Waals surface area (Å²) in [6, 6.07) is 0.696. The van der Waals surface area contributed by atoms with E-state index in [1.54, 1.807) is 0 Å². The van der Waals surface area contributed by atoms with Crippen LogP contribution in [0.5, 0.6) is 0 Å². The zero-order chi connectivity index (χ0) is 13.1. The molecule has 1 aliphatic heterocycles. The molecule has 1 heterocycles. The Morgan fingerprint density at radius 3 is 2.47 bits per heavy atom. The van der Waals surface area contributed by atoms with Crippen molar-refractivity contribution < 1.29 is 0 Å². The molecule has 1 rings (SSSR count). The van der Waals surface area contributed by atoms with Crippen LogP contribution in [-0.2, 0) is 0 Å². The lowest BCUT2D eigenvalue weighted by molar-refractivity contribution is 0.0108. The summed E-state index contributed by atoms with van der Waals surface area (Å²) in [7, 11) is 2.24. The summed E-state index contributed by atoms with van der Waals surface area (Å²) in [6.07, 6.45) is 2.43. The van der Waals surface area contributed by atoms with Crippen LogP contribution in [-0.4, -0.2) is 54.6 Å². The average molecular weight is 241 g/mol. The van der Waals surface area contributed by atoms with Crippen LogP contribution in [0.4, 0.5) is 0 Å². The Kier molecular flexibility index (Phi) is 5.42. The summed E-state index contributed by atoms with van der Waals surface area (Å²) in [5, 5.41) is 0. The van der Waals surface area contributed by atoms with Crippen molar-refractivity contribution in [3.8, 4) is 0 Å². The van der Waals surface area contributed by atoms with E-state index < -0.39 is 0 Å². The van der Waals surface area contributed by atoms with Gasteiger partial charge in [-0.15, -0.1) is 0 Å². The van der Waals surface area contributed by atoms with Crippen LogP contribution in [0.1, 0.15) is 40.5 Å². The summed E-state index contributed by atoms with van der Waals surface area (Å²) in [6.45, 7) is 13.5. The molecule has 3 nitrogen and oxygen atoms in total. The Bertz CT molecular complexity index is 230. The van der Waals surface area contributed by atoms with E-state index in [1.165, 1.54) is 25.9 Å². The third-order valence-electron chi connectivity index (χ3n) is 4.30. The second kappa shape index (κ2) is 6.17. The summed E-state index contributed by atoms with van der Waals surface area (Å²) in [4.78, 5) is 5.12. The molecule has 0 amide bonds. The largest absolute Gasteiger partial charge is 0.329 e. The maximum atomic E-state index is 6.05. The highest BCUT2D eigenvalue weighted by Crippen LogP contribution is 2.26. The predicted octanol–water partition coefficient (Wildman–Crippen LogP) is 1.78. The Balaban J connectivity index is 2.69. The monoisotopic (exact) mass is 241 g/mol. The highest BCUT2D eigenvalue weighted by atomic mass is 15.3. The minimum Gasteiger partial charge on any atom is -0.329 e. The van der Waals surface area contributed by atoms with E-state index in [0.717, 1.165) is 13.1 Å². The van der Waals surface area contributed by atoms with E-state index in [0.29, 0.717) is 12.0 Å². The van der Waals surface area contributed by atoms with Gasteiger partial charge in [-0.1, -0.05) is 20.8 Å². The molecular formula is C14H31N3. The molecule has 0 spiro atoms. The molecule has 1 aliphatic rings. The van der Waals surface area contributed by atoms with Gasteiger partial charge in [0.2, 0.25) is 0 Å². The van der Waals surface area contributed by atoms with E-state index in [2.05, 4.69) is 44.5 Å². The first kappa shape index (κ1) is 14.9. The van der Waals surface area contributed by atoms with Gasteiger partial charge in [0.15, 0.2) is 0 Å². The standard InChI is InChI=1S/C14H31N3/c1-6-13-10-17(8-7-16(13)5)14(4,11-15)9-12(2)3/h12-13H,6-11,15H2,1-5H3. The molecule has 0 aromatic rings. The number of piperazine rings is 1. The van der Waals surface area contributed by atoms with Gasteiger partial charge in [-0.2, -0.15) is 0 Å². The highest BCUT2D eigenvalue weighted by molar-refractivity contribution is 4.93. The van der Waals surface area contributed by atoms with Gasteiger partial charge in [-0.3, -0.25) is 4.90 Å². The second-order valence-electron chi connectivity index (χ2n) is 6.29.